The van der Waals surface area contributed by atoms with Crippen LogP contribution in [0, 0.1) is 0 Å². The molecule has 0 radical (unpaired) electrons. The molecule has 0 amide bonds. The zero-order valence-corrected chi connectivity index (χ0v) is 24.0. The number of fused-ring (bicyclic) bond motifs is 2. The number of halogens is 4. The molecule has 0 spiro atoms. The quantitative estimate of drug-likeness (QED) is 0.196. The molecule has 2 aromatic rings. The monoisotopic (exact) mass is 682 g/mol. The van der Waals surface area contributed by atoms with Gasteiger partial charge in [-0.15, -0.1) is 0 Å². The van der Waals surface area contributed by atoms with E-state index in [0.717, 1.165) is 24.5 Å². The molecule has 3 aliphatic rings. The minimum absolute atomic E-state index is 0.277. The van der Waals surface area contributed by atoms with Crippen LogP contribution in [0.5, 0.6) is 0 Å². The van der Waals surface area contributed by atoms with Gasteiger partial charge in [0.2, 0.25) is 12.5 Å². The van der Waals surface area contributed by atoms with Crippen LogP contribution in [0.3, 0.4) is 0 Å². The molecule has 2 aromatic heterocycles. The van der Waals surface area contributed by atoms with Gasteiger partial charge in [0.05, 0.1) is 13.2 Å². The van der Waals surface area contributed by atoms with Crippen molar-refractivity contribution in [3.63, 3.8) is 0 Å². The van der Waals surface area contributed by atoms with Crippen LogP contribution < -0.4 is 22.8 Å². The zero-order valence-electron chi connectivity index (χ0n) is 20.5. The third-order valence-electron chi connectivity index (χ3n) is 6.21. The highest BCUT2D eigenvalue weighted by molar-refractivity contribution is 8.44. The van der Waals surface area contributed by atoms with E-state index in [4.69, 9.17) is 50.8 Å². The molecule has 3 fully saturated rings. The van der Waals surface area contributed by atoms with Gasteiger partial charge in [0.1, 0.15) is 23.8 Å². The lowest BCUT2D eigenvalue weighted by molar-refractivity contribution is -0.140. The van der Waals surface area contributed by atoms with E-state index in [-0.39, 0.29) is 11.6 Å². The van der Waals surface area contributed by atoms with Crippen LogP contribution in [0.1, 0.15) is 12.5 Å². The number of hydrogen-bond donors (Lipinski definition) is 4. The number of nitrogens with two attached hydrogens (primary N) is 2. The fraction of sp³-hybridized carbons (Fsp3) is 0.556. The molecule has 3 unspecified atom stereocenters. The first-order chi connectivity index (χ1) is 19.4. The number of hydrogen-bond acceptors (Lipinski definition) is 14. The molecule has 0 aliphatic carbocycles. The van der Waals surface area contributed by atoms with Gasteiger partial charge < -0.3 is 30.4 Å². The van der Waals surface area contributed by atoms with Gasteiger partial charge in [-0.2, -0.15) is 27.5 Å². The van der Waals surface area contributed by atoms with Gasteiger partial charge in [0.25, 0.3) is 0 Å². The van der Waals surface area contributed by atoms with Crippen LogP contribution in [-0.4, -0.2) is 73.5 Å². The number of ether oxygens (including phenoxy) is 2. The van der Waals surface area contributed by atoms with Crippen molar-refractivity contribution in [3.8, 4) is 0 Å². The van der Waals surface area contributed by atoms with Gasteiger partial charge in [-0.3, -0.25) is 22.7 Å². The number of nitrogen functional groups attached to an aromatic ring is 2. The maximum absolute atomic E-state index is 15.6. The van der Waals surface area contributed by atoms with Gasteiger partial charge in [-0.05, 0) is 23.9 Å². The standard InChI is InChI=1S/C18H20F4N6O10P2S2/c19-17(20)11-7(35-13(17)27-3-1-9(23)25-15(27)29)5-33-40(32,42)38-12-8(6-34-39(31,41)37-11)36-14(18(12,21)22)28-4-2-10(24)26-16(28)30/h1-4,7-8,11-14H,5-6H2,(H,31,41)(H,32,42)(H2,23,25,29)(H2,24,26,30)/t7-,8-,11+,12?,13-,14-,39?,40?/m1/s1. The topological polar surface area (TPSA) is 214 Å². The van der Waals surface area contributed by atoms with Gasteiger partial charge in [0.15, 0.2) is 12.2 Å². The molecule has 5 N–H and O–H groups in total. The third-order valence-corrected chi connectivity index (χ3v) is 9.35. The van der Waals surface area contributed by atoms with Gasteiger partial charge in [-0.1, -0.05) is 12.2 Å². The maximum Gasteiger partial charge on any atom is 0.386 e. The van der Waals surface area contributed by atoms with Crippen molar-refractivity contribution in [1.82, 2.24) is 19.1 Å². The molecule has 16 nitrogen and oxygen atoms in total. The lowest BCUT2D eigenvalue weighted by Gasteiger charge is -2.30. The second kappa shape index (κ2) is 10.9. The van der Waals surface area contributed by atoms with E-state index in [0.29, 0.717) is 9.13 Å². The Bertz CT molecular complexity index is 1490. The number of thiol groups is 1. The Morgan fingerprint density at radius 2 is 1.33 bits per heavy atom. The predicted molar refractivity (Wildman–Crippen MR) is 138 cm³/mol. The van der Waals surface area contributed by atoms with Crippen LogP contribution in [-0.2, 0) is 43.9 Å². The molecule has 42 heavy (non-hydrogen) atoms. The normalized spacial score (nSPS) is 38.1. The fourth-order valence-corrected chi connectivity index (χ4v) is 7.24. The minimum atomic E-state index is -4.86. The van der Waals surface area contributed by atoms with Crippen molar-refractivity contribution in [3.05, 3.63) is 45.5 Å². The number of nitrogens with zero attached hydrogens (tertiary/aromatic N) is 4. The van der Waals surface area contributed by atoms with Crippen LogP contribution in [0.2, 0.25) is 0 Å². The molecule has 3 aliphatic heterocycles. The predicted octanol–water partition coefficient (Wildman–Crippen LogP) is 0.802. The number of aromatic nitrogens is 4. The summed E-state index contributed by atoms with van der Waals surface area (Å²) in [5.74, 6) is -8.86. The van der Waals surface area contributed by atoms with Gasteiger partial charge in [0, 0.05) is 12.4 Å². The van der Waals surface area contributed by atoms with E-state index >= 15 is 17.6 Å². The fourth-order valence-electron chi connectivity index (χ4n) is 4.36. The largest absolute Gasteiger partial charge is 0.386 e. The highest BCUT2D eigenvalue weighted by Crippen LogP contribution is 2.61. The molecule has 5 heterocycles. The molecule has 5 rings (SSSR count). The van der Waals surface area contributed by atoms with Gasteiger partial charge in [-0.25, -0.2) is 14.2 Å². The molecule has 3 saturated heterocycles. The molecular weight excluding hydrogens is 662 g/mol. The SMILES string of the molecule is Nc1ccn([C@@H]2O[C@@H]3COP(O)(=S)O[C@H]4[C@@H](COP(=O)(S)OC3C2(F)F)O[C@@H](n2ccc(N)nc2=O)C4(F)F)c(=O)n1. The van der Waals surface area contributed by atoms with E-state index < -0.39 is 86.8 Å². The van der Waals surface area contributed by atoms with Gasteiger partial charge >= 0.3 is 36.7 Å². The van der Waals surface area contributed by atoms with Crippen LogP contribution in [0.4, 0.5) is 29.2 Å². The summed E-state index contributed by atoms with van der Waals surface area (Å²) in [6, 6.07) is 2.05. The lowest BCUT2D eigenvalue weighted by Crippen LogP contribution is -2.44. The van der Waals surface area contributed by atoms with Crippen molar-refractivity contribution >= 4 is 49.2 Å². The third kappa shape index (κ3) is 5.90. The summed E-state index contributed by atoms with van der Waals surface area (Å²) in [5, 5.41) is 0. The lowest BCUT2D eigenvalue weighted by atomic mass is 10.1. The molecule has 0 aromatic carbocycles. The van der Waals surface area contributed by atoms with Crippen LogP contribution >= 0.6 is 25.8 Å². The maximum atomic E-state index is 15.6. The Morgan fingerprint density at radius 3 is 1.79 bits per heavy atom. The second-order valence-corrected chi connectivity index (χ2v) is 14.7. The summed E-state index contributed by atoms with van der Waals surface area (Å²) in [4.78, 5) is 41.8. The first-order valence-corrected chi connectivity index (χ1v) is 16.8. The summed E-state index contributed by atoms with van der Waals surface area (Å²) >= 11 is 8.51. The summed E-state index contributed by atoms with van der Waals surface area (Å²) < 4.78 is 107. The summed E-state index contributed by atoms with van der Waals surface area (Å²) in [6.45, 7) is -11.8. The van der Waals surface area contributed by atoms with E-state index in [9.17, 15) is 19.0 Å². The molecule has 24 heteroatoms. The zero-order chi connectivity index (χ0) is 30.8. The van der Waals surface area contributed by atoms with E-state index in [2.05, 4.69) is 22.2 Å². The molecular formula is C18H20F4N6O10P2S2. The van der Waals surface area contributed by atoms with Crippen molar-refractivity contribution in [2.75, 3.05) is 24.7 Å². The first kappa shape index (κ1) is 31.5. The summed E-state index contributed by atoms with van der Waals surface area (Å²) in [6.07, 6.45) is -12.0. The Morgan fingerprint density at radius 1 is 0.905 bits per heavy atom. The number of anilines is 2. The summed E-state index contributed by atoms with van der Waals surface area (Å²) in [5.41, 5.74) is 8.31. The van der Waals surface area contributed by atoms with E-state index in [1.54, 1.807) is 0 Å². The number of alkyl halides is 4. The van der Waals surface area contributed by atoms with Crippen LogP contribution in [0.15, 0.2) is 34.1 Å². The second-order valence-electron chi connectivity index (χ2n) is 9.07. The first-order valence-electron chi connectivity index (χ1n) is 11.5. The summed E-state index contributed by atoms with van der Waals surface area (Å²) in [7, 11) is 0. The molecule has 0 saturated carbocycles. The van der Waals surface area contributed by atoms with Crippen molar-refractivity contribution < 1.29 is 54.6 Å². The molecule has 232 valence electrons. The van der Waals surface area contributed by atoms with E-state index in [1.807, 2.05) is 0 Å². The molecule has 8 atom stereocenters. The smallest absolute Gasteiger partial charge is 0.383 e. The Kier molecular flexibility index (Phi) is 8.15. The van der Waals surface area contributed by atoms with Crippen molar-refractivity contribution in [2.24, 2.45) is 0 Å². The Labute approximate surface area is 241 Å². The average molecular weight is 682 g/mol. The van der Waals surface area contributed by atoms with Crippen molar-refractivity contribution in [1.29, 1.82) is 0 Å². The Hall–Kier alpha value is -1.97. The Balaban J connectivity index is 1.47. The number of rotatable bonds is 2. The van der Waals surface area contributed by atoms with Crippen molar-refractivity contribution in [2.45, 2.75) is 48.7 Å². The van der Waals surface area contributed by atoms with E-state index in [1.165, 1.54) is 0 Å². The average Bonchev–Trinajstić information content (AvgIpc) is 3.25. The minimum Gasteiger partial charge on any atom is -0.383 e. The van der Waals surface area contributed by atoms with Crippen LogP contribution in [0.25, 0.3) is 0 Å². The highest BCUT2D eigenvalue weighted by Gasteiger charge is 2.65. The molecule has 0 bridgehead atoms. The highest BCUT2D eigenvalue weighted by atomic mass is 32.7.